The molecule has 1 aromatic carbocycles. The van der Waals surface area contributed by atoms with Gasteiger partial charge in [0.25, 0.3) is 5.89 Å². The zero-order valence-electron chi connectivity index (χ0n) is 8.90. The van der Waals surface area contributed by atoms with E-state index in [1.54, 1.807) is 18.2 Å². The molecular formula is C11H12ClN3O. The third-order valence-electron chi connectivity index (χ3n) is 2.19. The Morgan fingerprint density at radius 2 is 2.19 bits per heavy atom. The molecule has 16 heavy (non-hydrogen) atoms. The van der Waals surface area contributed by atoms with Crippen LogP contribution in [0.15, 0.2) is 22.6 Å². The number of anilines is 1. The summed E-state index contributed by atoms with van der Waals surface area (Å²) >= 11 is 6.04. The van der Waals surface area contributed by atoms with E-state index >= 15 is 0 Å². The predicted octanol–water partition coefficient (Wildman–Crippen LogP) is 2.92. The highest BCUT2D eigenvalue weighted by atomic mass is 35.5. The van der Waals surface area contributed by atoms with Gasteiger partial charge in [-0.2, -0.15) is 0 Å². The van der Waals surface area contributed by atoms with Crippen LogP contribution < -0.4 is 5.73 Å². The van der Waals surface area contributed by atoms with Gasteiger partial charge in [0, 0.05) is 12.1 Å². The number of benzene rings is 1. The second kappa shape index (κ2) is 4.53. The second-order valence-corrected chi connectivity index (χ2v) is 3.86. The molecule has 2 N–H and O–H groups in total. The number of hydrogen-bond acceptors (Lipinski definition) is 4. The zero-order valence-corrected chi connectivity index (χ0v) is 9.66. The monoisotopic (exact) mass is 237 g/mol. The maximum Gasteiger partial charge on any atom is 0.251 e. The lowest BCUT2D eigenvalue weighted by atomic mass is 10.2. The molecular weight excluding hydrogens is 226 g/mol. The quantitative estimate of drug-likeness (QED) is 0.834. The lowest BCUT2D eigenvalue weighted by molar-refractivity contribution is 0.502. The number of nitrogens with two attached hydrogens (primary N) is 1. The highest BCUT2D eigenvalue weighted by Gasteiger charge is 2.14. The molecule has 0 radical (unpaired) electrons. The molecule has 1 aromatic heterocycles. The summed E-state index contributed by atoms with van der Waals surface area (Å²) in [7, 11) is 0. The number of aryl methyl sites for hydroxylation is 1. The highest BCUT2D eigenvalue weighted by molar-refractivity contribution is 6.33. The summed E-state index contributed by atoms with van der Waals surface area (Å²) in [6.07, 6.45) is 1.72. The van der Waals surface area contributed by atoms with Gasteiger partial charge in [-0.05, 0) is 18.6 Å². The van der Waals surface area contributed by atoms with Crippen LogP contribution in [0.5, 0.6) is 0 Å². The van der Waals surface area contributed by atoms with Gasteiger partial charge in [-0.15, -0.1) is 10.2 Å². The van der Waals surface area contributed by atoms with Crippen molar-refractivity contribution in [1.82, 2.24) is 10.2 Å². The number of nitrogen functional groups attached to an aromatic ring is 1. The first kappa shape index (κ1) is 11.0. The number of rotatable bonds is 3. The van der Waals surface area contributed by atoms with Gasteiger partial charge in [-0.3, -0.25) is 0 Å². The molecule has 2 aromatic rings. The molecule has 0 saturated heterocycles. The van der Waals surface area contributed by atoms with Crippen LogP contribution in [-0.2, 0) is 6.42 Å². The van der Waals surface area contributed by atoms with Crippen LogP contribution in [0.3, 0.4) is 0 Å². The molecule has 0 aliphatic carbocycles. The van der Waals surface area contributed by atoms with E-state index < -0.39 is 0 Å². The first-order valence-corrected chi connectivity index (χ1v) is 5.47. The molecule has 0 atom stereocenters. The van der Waals surface area contributed by atoms with E-state index in [-0.39, 0.29) is 0 Å². The molecule has 84 valence electrons. The number of halogens is 1. The van der Waals surface area contributed by atoms with E-state index in [1.807, 2.05) is 6.92 Å². The Balaban J connectivity index is 2.42. The third-order valence-corrected chi connectivity index (χ3v) is 2.51. The largest absolute Gasteiger partial charge is 0.421 e. The van der Waals surface area contributed by atoms with Crippen LogP contribution in [-0.4, -0.2) is 10.2 Å². The van der Waals surface area contributed by atoms with Crippen LogP contribution in [0, 0.1) is 0 Å². The average molecular weight is 238 g/mol. The average Bonchev–Trinajstić information content (AvgIpc) is 2.67. The Hall–Kier alpha value is -1.55. The van der Waals surface area contributed by atoms with Gasteiger partial charge >= 0.3 is 0 Å². The van der Waals surface area contributed by atoms with E-state index in [4.69, 9.17) is 21.8 Å². The fraction of sp³-hybridized carbons (Fsp3) is 0.273. The third kappa shape index (κ3) is 2.02. The minimum atomic E-state index is 0.381. The summed E-state index contributed by atoms with van der Waals surface area (Å²) in [5.41, 5.74) is 6.98. The zero-order chi connectivity index (χ0) is 11.5. The van der Waals surface area contributed by atoms with Crippen molar-refractivity contribution >= 4 is 17.3 Å². The lowest BCUT2D eigenvalue weighted by Crippen LogP contribution is -1.90. The van der Waals surface area contributed by atoms with E-state index in [9.17, 15) is 0 Å². The van der Waals surface area contributed by atoms with Crippen molar-refractivity contribution in [2.45, 2.75) is 19.8 Å². The maximum absolute atomic E-state index is 6.04. The molecule has 0 amide bonds. The Morgan fingerprint density at radius 1 is 1.38 bits per heavy atom. The van der Waals surface area contributed by atoms with Crippen molar-refractivity contribution < 1.29 is 4.42 Å². The molecule has 0 unspecified atom stereocenters. The van der Waals surface area contributed by atoms with Crippen molar-refractivity contribution in [3.05, 3.63) is 29.1 Å². The lowest BCUT2D eigenvalue weighted by Gasteiger charge is -2.02. The maximum atomic E-state index is 6.04. The summed E-state index contributed by atoms with van der Waals surface area (Å²) in [5, 5.41) is 8.40. The minimum absolute atomic E-state index is 0.381. The molecule has 5 heteroatoms. The van der Waals surface area contributed by atoms with Gasteiger partial charge in [-0.1, -0.05) is 24.6 Å². The second-order valence-electron chi connectivity index (χ2n) is 3.46. The normalized spacial score (nSPS) is 10.6. The van der Waals surface area contributed by atoms with Gasteiger partial charge in [-0.25, -0.2) is 0 Å². The topological polar surface area (TPSA) is 64.9 Å². The molecule has 0 saturated carbocycles. The fourth-order valence-electron chi connectivity index (χ4n) is 1.44. The first-order chi connectivity index (χ1) is 7.72. The SMILES string of the molecule is CCCc1nnc(-c2c(N)cccc2Cl)o1. The van der Waals surface area contributed by atoms with E-state index in [1.165, 1.54) is 0 Å². The number of nitrogens with zero attached hydrogens (tertiary/aromatic N) is 2. The van der Waals surface area contributed by atoms with Gasteiger partial charge in [0.1, 0.15) is 0 Å². The summed E-state index contributed by atoms with van der Waals surface area (Å²) in [4.78, 5) is 0. The minimum Gasteiger partial charge on any atom is -0.421 e. The summed E-state index contributed by atoms with van der Waals surface area (Å²) < 4.78 is 5.49. The van der Waals surface area contributed by atoms with Crippen molar-refractivity contribution in [1.29, 1.82) is 0 Å². The fourth-order valence-corrected chi connectivity index (χ4v) is 1.70. The summed E-state index contributed by atoms with van der Waals surface area (Å²) in [6, 6.07) is 5.28. The smallest absolute Gasteiger partial charge is 0.251 e. The Morgan fingerprint density at radius 3 is 2.88 bits per heavy atom. The van der Waals surface area contributed by atoms with Crippen molar-refractivity contribution in [2.24, 2.45) is 0 Å². The molecule has 4 nitrogen and oxygen atoms in total. The van der Waals surface area contributed by atoms with Gasteiger partial charge in [0.05, 0.1) is 10.6 Å². The van der Waals surface area contributed by atoms with Gasteiger partial charge in [0.2, 0.25) is 5.89 Å². The van der Waals surface area contributed by atoms with Crippen LogP contribution in [0.25, 0.3) is 11.5 Å². The number of aromatic nitrogens is 2. The molecule has 2 rings (SSSR count). The Labute approximate surface area is 98.4 Å². The highest BCUT2D eigenvalue weighted by Crippen LogP contribution is 2.32. The summed E-state index contributed by atoms with van der Waals surface area (Å²) in [6.45, 7) is 2.05. The summed E-state index contributed by atoms with van der Waals surface area (Å²) in [5.74, 6) is 0.989. The van der Waals surface area contributed by atoms with Gasteiger partial charge in [0.15, 0.2) is 0 Å². The van der Waals surface area contributed by atoms with Crippen molar-refractivity contribution in [3.8, 4) is 11.5 Å². The predicted molar refractivity (Wildman–Crippen MR) is 63.2 cm³/mol. The van der Waals surface area contributed by atoms with E-state index in [0.29, 0.717) is 28.1 Å². The van der Waals surface area contributed by atoms with Crippen LogP contribution >= 0.6 is 11.6 Å². The molecule has 1 heterocycles. The van der Waals surface area contributed by atoms with Crippen LogP contribution in [0.1, 0.15) is 19.2 Å². The van der Waals surface area contributed by atoms with Crippen molar-refractivity contribution in [3.63, 3.8) is 0 Å². The molecule has 0 spiro atoms. The van der Waals surface area contributed by atoms with Crippen LogP contribution in [0.4, 0.5) is 5.69 Å². The molecule has 0 bridgehead atoms. The van der Waals surface area contributed by atoms with Crippen molar-refractivity contribution in [2.75, 3.05) is 5.73 Å². The Bertz CT molecular complexity index is 475. The van der Waals surface area contributed by atoms with Crippen LogP contribution in [0.2, 0.25) is 5.02 Å². The Kier molecular flexibility index (Phi) is 3.10. The van der Waals surface area contributed by atoms with E-state index in [2.05, 4.69) is 10.2 Å². The molecule has 0 fully saturated rings. The first-order valence-electron chi connectivity index (χ1n) is 5.09. The van der Waals surface area contributed by atoms with E-state index in [0.717, 1.165) is 12.8 Å². The standard InChI is InChI=1S/C11H12ClN3O/c1-2-4-9-14-15-11(16-9)10-7(12)5-3-6-8(10)13/h3,5-6H,2,4,13H2,1H3. The number of hydrogen-bond donors (Lipinski definition) is 1. The molecule has 0 aliphatic rings. The molecule has 0 aliphatic heterocycles. The van der Waals surface area contributed by atoms with Gasteiger partial charge < -0.3 is 10.2 Å².